The van der Waals surface area contributed by atoms with Crippen molar-refractivity contribution in [3.8, 4) is 0 Å². The van der Waals surface area contributed by atoms with Crippen molar-refractivity contribution in [2.24, 2.45) is 0 Å². The average Bonchev–Trinajstić information content (AvgIpc) is 2.92. The van der Waals surface area contributed by atoms with Crippen molar-refractivity contribution in [3.63, 3.8) is 0 Å². The predicted molar refractivity (Wildman–Crippen MR) is 78.7 cm³/mol. The smallest absolute Gasteiger partial charge is 0.216 e. The number of aliphatic hydroxyl groups excluding tert-OH is 1. The maximum Gasteiger partial charge on any atom is 0.216 e. The molecule has 0 aliphatic rings. The minimum absolute atomic E-state index is 0.0492. The SMILES string of the molecule is CC(NS(=O)(=O)Cc1ccc(CO)cc1)c1nccs1. The molecule has 20 heavy (non-hydrogen) atoms. The number of hydrogen-bond acceptors (Lipinski definition) is 5. The zero-order valence-corrected chi connectivity index (χ0v) is 12.6. The van der Waals surface area contributed by atoms with Crippen LogP contribution in [0, 0.1) is 0 Å². The first-order valence-corrected chi connectivity index (χ1v) is 8.61. The van der Waals surface area contributed by atoms with Crippen molar-refractivity contribution in [2.75, 3.05) is 0 Å². The van der Waals surface area contributed by atoms with Gasteiger partial charge in [0.2, 0.25) is 10.0 Å². The summed E-state index contributed by atoms with van der Waals surface area (Å²) < 4.78 is 26.8. The summed E-state index contributed by atoms with van der Waals surface area (Å²) in [6, 6.07) is 6.51. The van der Waals surface area contributed by atoms with Crippen molar-refractivity contribution >= 4 is 21.4 Å². The number of thiazole rings is 1. The molecule has 0 bridgehead atoms. The number of sulfonamides is 1. The molecule has 1 heterocycles. The van der Waals surface area contributed by atoms with Crippen LogP contribution in [0.5, 0.6) is 0 Å². The minimum atomic E-state index is -3.43. The van der Waals surface area contributed by atoms with Gasteiger partial charge >= 0.3 is 0 Å². The molecule has 0 spiro atoms. The molecule has 2 rings (SSSR count). The lowest BCUT2D eigenvalue weighted by atomic mass is 10.2. The molecule has 0 amide bonds. The zero-order chi connectivity index (χ0) is 14.6. The first kappa shape index (κ1) is 15.1. The number of aliphatic hydroxyl groups is 1. The Labute approximate surface area is 122 Å². The normalized spacial score (nSPS) is 13.3. The number of nitrogens with zero attached hydrogens (tertiary/aromatic N) is 1. The summed E-state index contributed by atoms with van der Waals surface area (Å²) in [5, 5.41) is 11.5. The standard InChI is InChI=1S/C13H16N2O3S2/c1-10(13-14-6-7-19-13)15-20(17,18)9-12-4-2-11(8-16)3-5-12/h2-7,10,15-16H,8-9H2,1H3. The van der Waals surface area contributed by atoms with Gasteiger partial charge in [0, 0.05) is 11.6 Å². The highest BCUT2D eigenvalue weighted by molar-refractivity contribution is 7.88. The van der Waals surface area contributed by atoms with E-state index in [1.165, 1.54) is 11.3 Å². The Morgan fingerprint density at radius 1 is 1.30 bits per heavy atom. The zero-order valence-electron chi connectivity index (χ0n) is 11.0. The molecular weight excluding hydrogens is 296 g/mol. The van der Waals surface area contributed by atoms with Crippen LogP contribution in [0.25, 0.3) is 0 Å². The monoisotopic (exact) mass is 312 g/mol. The highest BCUT2D eigenvalue weighted by Gasteiger charge is 2.17. The maximum atomic E-state index is 12.1. The molecule has 1 atom stereocenters. The molecule has 2 N–H and O–H groups in total. The van der Waals surface area contributed by atoms with E-state index in [-0.39, 0.29) is 18.4 Å². The van der Waals surface area contributed by atoms with Crippen LogP contribution >= 0.6 is 11.3 Å². The largest absolute Gasteiger partial charge is 0.392 e. The number of hydrogen-bond donors (Lipinski definition) is 2. The molecule has 0 saturated carbocycles. The van der Waals surface area contributed by atoms with E-state index in [1.807, 2.05) is 5.38 Å². The van der Waals surface area contributed by atoms with Gasteiger partial charge in [-0.1, -0.05) is 24.3 Å². The second-order valence-corrected chi connectivity index (χ2v) is 7.12. The van der Waals surface area contributed by atoms with Crippen LogP contribution in [0.3, 0.4) is 0 Å². The summed E-state index contributed by atoms with van der Waals surface area (Å²) in [5.74, 6) is -0.0889. The lowest BCUT2D eigenvalue weighted by Gasteiger charge is -2.12. The van der Waals surface area contributed by atoms with Crippen molar-refractivity contribution in [3.05, 3.63) is 52.0 Å². The van der Waals surface area contributed by atoms with E-state index in [4.69, 9.17) is 5.11 Å². The molecule has 108 valence electrons. The van der Waals surface area contributed by atoms with Gasteiger partial charge < -0.3 is 5.11 Å². The molecule has 2 aromatic rings. The first-order chi connectivity index (χ1) is 9.50. The Kier molecular flexibility index (Phi) is 4.87. The van der Waals surface area contributed by atoms with E-state index >= 15 is 0 Å². The van der Waals surface area contributed by atoms with E-state index in [1.54, 1.807) is 37.4 Å². The number of aromatic nitrogens is 1. The van der Waals surface area contributed by atoms with Crippen molar-refractivity contribution in [2.45, 2.75) is 25.3 Å². The molecule has 0 aliphatic heterocycles. The Morgan fingerprint density at radius 3 is 2.50 bits per heavy atom. The molecule has 0 saturated heterocycles. The topological polar surface area (TPSA) is 79.3 Å². The van der Waals surface area contributed by atoms with E-state index in [0.29, 0.717) is 5.56 Å². The summed E-state index contributed by atoms with van der Waals surface area (Å²) in [5.41, 5.74) is 1.44. The summed E-state index contributed by atoms with van der Waals surface area (Å²) in [6.07, 6.45) is 1.65. The van der Waals surface area contributed by atoms with Gasteiger partial charge in [0.1, 0.15) is 5.01 Å². The van der Waals surface area contributed by atoms with Gasteiger partial charge in [-0.15, -0.1) is 11.3 Å². The number of rotatable bonds is 6. The Bertz CT molecular complexity index is 637. The fourth-order valence-electron chi connectivity index (χ4n) is 1.77. The first-order valence-electron chi connectivity index (χ1n) is 6.08. The van der Waals surface area contributed by atoms with Crippen LogP contribution in [0.4, 0.5) is 0 Å². The summed E-state index contributed by atoms with van der Waals surface area (Å²) in [6.45, 7) is 1.72. The molecule has 1 aromatic carbocycles. The highest BCUT2D eigenvalue weighted by Crippen LogP contribution is 2.17. The Morgan fingerprint density at radius 2 is 1.95 bits per heavy atom. The summed E-state index contributed by atoms with van der Waals surface area (Å²) >= 11 is 1.42. The van der Waals surface area contributed by atoms with Gasteiger partial charge in [0.25, 0.3) is 0 Å². The van der Waals surface area contributed by atoms with Crippen molar-refractivity contribution in [1.82, 2.24) is 9.71 Å². The highest BCUT2D eigenvalue weighted by atomic mass is 32.2. The predicted octanol–water partition coefficient (Wildman–Crippen LogP) is 1.82. The number of benzene rings is 1. The summed E-state index contributed by atoms with van der Waals surface area (Å²) in [7, 11) is -3.43. The molecule has 7 heteroatoms. The van der Waals surface area contributed by atoms with Crippen LogP contribution < -0.4 is 4.72 Å². The van der Waals surface area contributed by atoms with Crippen LogP contribution in [-0.4, -0.2) is 18.5 Å². The van der Waals surface area contributed by atoms with Gasteiger partial charge in [0.05, 0.1) is 18.4 Å². The van der Waals surface area contributed by atoms with Gasteiger partial charge in [-0.3, -0.25) is 0 Å². The third-order valence-electron chi connectivity index (χ3n) is 2.74. The number of nitrogens with one attached hydrogen (secondary N) is 1. The second-order valence-electron chi connectivity index (χ2n) is 4.44. The van der Waals surface area contributed by atoms with Gasteiger partial charge in [-0.2, -0.15) is 0 Å². The molecule has 5 nitrogen and oxygen atoms in total. The Balaban J connectivity index is 2.03. The van der Waals surface area contributed by atoms with Crippen LogP contribution in [0.2, 0.25) is 0 Å². The summed E-state index contributed by atoms with van der Waals surface area (Å²) in [4.78, 5) is 4.09. The van der Waals surface area contributed by atoms with Crippen LogP contribution in [0.1, 0.15) is 29.1 Å². The van der Waals surface area contributed by atoms with Gasteiger partial charge in [0.15, 0.2) is 0 Å². The Hall–Kier alpha value is -1.28. The van der Waals surface area contributed by atoms with Gasteiger partial charge in [-0.25, -0.2) is 18.1 Å². The fraction of sp³-hybridized carbons (Fsp3) is 0.308. The maximum absolute atomic E-state index is 12.1. The third kappa shape index (κ3) is 4.11. The van der Waals surface area contributed by atoms with Gasteiger partial charge in [-0.05, 0) is 18.1 Å². The molecule has 0 radical (unpaired) electrons. The minimum Gasteiger partial charge on any atom is -0.392 e. The second kappa shape index (κ2) is 6.45. The van der Waals surface area contributed by atoms with Crippen molar-refractivity contribution < 1.29 is 13.5 Å². The average molecular weight is 312 g/mol. The lowest BCUT2D eigenvalue weighted by Crippen LogP contribution is -2.28. The quantitative estimate of drug-likeness (QED) is 0.852. The molecular formula is C13H16N2O3S2. The fourth-order valence-corrected chi connectivity index (χ4v) is 3.86. The van der Waals surface area contributed by atoms with E-state index < -0.39 is 10.0 Å². The van der Waals surface area contributed by atoms with Crippen LogP contribution in [0.15, 0.2) is 35.8 Å². The van der Waals surface area contributed by atoms with E-state index in [9.17, 15) is 8.42 Å². The third-order valence-corrected chi connectivity index (χ3v) is 5.12. The van der Waals surface area contributed by atoms with Crippen molar-refractivity contribution in [1.29, 1.82) is 0 Å². The molecule has 0 aliphatic carbocycles. The van der Waals surface area contributed by atoms with E-state index in [2.05, 4.69) is 9.71 Å². The lowest BCUT2D eigenvalue weighted by molar-refractivity contribution is 0.282. The molecule has 1 unspecified atom stereocenters. The van der Waals surface area contributed by atoms with E-state index in [0.717, 1.165) is 10.6 Å². The van der Waals surface area contributed by atoms with Crippen LogP contribution in [-0.2, 0) is 22.4 Å². The molecule has 0 fully saturated rings. The molecule has 1 aromatic heterocycles.